The van der Waals surface area contributed by atoms with E-state index >= 15 is 0 Å². The molecule has 0 bridgehead atoms. The van der Waals surface area contributed by atoms with Gasteiger partial charge in [0.15, 0.2) is 0 Å². The Morgan fingerprint density at radius 1 is 1.41 bits per heavy atom. The number of aliphatic imine (C=N–C) groups is 1. The first-order chi connectivity index (χ1) is 8.06. The lowest BCUT2D eigenvalue weighted by molar-refractivity contribution is -0.121. The maximum absolute atomic E-state index is 11.4. The van der Waals surface area contributed by atoms with Crippen molar-refractivity contribution in [2.75, 3.05) is 0 Å². The van der Waals surface area contributed by atoms with Gasteiger partial charge >= 0.3 is 0 Å². The highest BCUT2D eigenvalue weighted by Gasteiger charge is 2.20. The van der Waals surface area contributed by atoms with E-state index in [1.807, 2.05) is 0 Å². The number of aromatic hydroxyl groups is 1. The van der Waals surface area contributed by atoms with Gasteiger partial charge < -0.3 is 16.2 Å². The maximum Gasteiger partial charge on any atom is 0.249 e. The average Bonchev–Trinajstić information content (AvgIpc) is 2.29. The molecule has 4 N–H and O–H groups in total. The van der Waals surface area contributed by atoms with Gasteiger partial charge in [-0.3, -0.25) is 9.79 Å². The van der Waals surface area contributed by atoms with Gasteiger partial charge in [0, 0.05) is 0 Å². The zero-order chi connectivity index (χ0) is 12.4. The normalized spacial score (nSPS) is 22.2. The molecule has 88 valence electrons. The molecule has 0 fully saturated rings. The van der Waals surface area contributed by atoms with E-state index in [2.05, 4.69) is 10.3 Å². The lowest BCUT2D eigenvalue weighted by Crippen LogP contribution is -2.42. The summed E-state index contributed by atoms with van der Waals surface area (Å²) in [6, 6.07) is 6.12. The Morgan fingerprint density at radius 2 is 2.06 bits per heavy atom. The molecule has 1 aromatic carbocycles. The van der Waals surface area contributed by atoms with Gasteiger partial charge in [0.05, 0.1) is 5.70 Å². The minimum absolute atomic E-state index is 0.177. The fourth-order valence-corrected chi connectivity index (χ4v) is 1.49. The number of phenols is 1. The zero-order valence-corrected chi connectivity index (χ0v) is 9.34. The Kier molecular flexibility index (Phi) is 2.82. The van der Waals surface area contributed by atoms with Crippen LogP contribution < -0.4 is 11.1 Å². The molecule has 0 spiro atoms. The van der Waals surface area contributed by atoms with Crippen molar-refractivity contribution in [2.45, 2.75) is 13.0 Å². The number of carbonyl (C=O) groups excluding carboxylic acids is 1. The van der Waals surface area contributed by atoms with Crippen molar-refractivity contribution in [3.63, 3.8) is 0 Å². The molecule has 1 atom stereocenters. The van der Waals surface area contributed by atoms with E-state index in [0.29, 0.717) is 11.5 Å². The SMILES string of the molecule is C[C@@H]1N=C(N)/C(=C/c2ccc(O)cc2)NC1=O. The summed E-state index contributed by atoms with van der Waals surface area (Å²) in [6.07, 6.45) is 1.71. The second-order valence-electron chi connectivity index (χ2n) is 3.83. The van der Waals surface area contributed by atoms with E-state index in [1.54, 1.807) is 37.3 Å². The number of amides is 1. The van der Waals surface area contributed by atoms with Gasteiger partial charge in [-0.2, -0.15) is 0 Å². The summed E-state index contributed by atoms with van der Waals surface area (Å²) in [7, 11) is 0. The van der Waals surface area contributed by atoms with Gasteiger partial charge in [-0.05, 0) is 30.7 Å². The van der Waals surface area contributed by atoms with E-state index in [4.69, 9.17) is 10.8 Å². The number of hydrogen-bond acceptors (Lipinski definition) is 4. The molecule has 0 saturated heterocycles. The number of benzene rings is 1. The molecular formula is C12H13N3O2. The van der Waals surface area contributed by atoms with E-state index < -0.39 is 6.04 Å². The standard InChI is InChI=1S/C12H13N3O2/c1-7-12(17)15-10(11(13)14-7)6-8-2-4-9(16)5-3-8/h2-7,16H,1H3,(H2,13,14)(H,15,17)/b10-6-/t7-/m0/s1. The number of phenolic OH excluding ortho intramolecular Hbond substituents is 1. The molecule has 2 rings (SSSR count). The zero-order valence-electron chi connectivity index (χ0n) is 9.34. The highest BCUT2D eigenvalue weighted by Crippen LogP contribution is 2.13. The van der Waals surface area contributed by atoms with E-state index in [-0.39, 0.29) is 11.7 Å². The highest BCUT2D eigenvalue weighted by molar-refractivity contribution is 6.08. The van der Waals surface area contributed by atoms with Crippen molar-refractivity contribution in [3.05, 3.63) is 35.5 Å². The topological polar surface area (TPSA) is 87.7 Å². The summed E-state index contributed by atoms with van der Waals surface area (Å²) in [5.74, 6) is 0.324. The molecule has 0 unspecified atom stereocenters. The fourth-order valence-electron chi connectivity index (χ4n) is 1.49. The van der Waals surface area contributed by atoms with Crippen LogP contribution in [0.4, 0.5) is 0 Å². The molecule has 17 heavy (non-hydrogen) atoms. The number of rotatable bonds is 1. The van der Waals surface area contributed by atoms with Crippen LogP contribution in [0.2, 0.25) is 0 Å². The molecule has 5 heteroatoms. The summed E-state index contributed by atoms with van der Waals surface area (Å²) in [4.78, 5) is 15.5. The lowest BCUT2D eigenvalue weighted by atomic mass is 10.1. The first kappa shape index (κ1) is 11.2. The van der Waals surface area contributed by atoms with E-state index in [9.17, 15) is 4.79 Å². The molecule has 1 heterocycles. The minimum Gasteiger partial charge on any atom is -0.508 e. The van der Waals surface area contributed by atoms with Crippen molar-refractivity contribution >= 4 is 17.8 Å². The summed E-state index contributed by atoms with van der Waals surface area (Å²) >= 11 is 0. The number of hydrogen-bond donors (Lipinski definition) is 3. The predicted molar refractivity (Wildman–Crippen MR) is 65.3 cm³/mol. The summed E-state index contributed by atoms with van der Waals surface area (Å²) in [5.41, 5.74) is 7.04. The van der Waals surface area contributed by atoms with Crippen LogP contribution in [0, 0.1) is 0 Å². The fraction of sp³-hybridized carbons (Fsp3) is 0.167. The molecule has 0 radical (unpaired) electrons. The van der Waals surface area contributed by atoms with Crippen LogP contribution in [0.1, 0.15) is 12.5 Å². The van der Waals surface area contributed by atoms with Crippen LogP contribution in [-0.4, -0.2) is 22.9 Å². The molecule has 1 amide bonds. The van der Waals surface area contributed by atoms with E-state index in [0.717, 1.165) is 5.56 Å². The molecular weight excluding hydrogens is 218 g/mol. The van der Waals surface area contributed by atoms with Gasteiger partial charge in [0.2, 0.25) is 5.91 Å². The summed E-state index contributed by atoms with van der Waals surface area (Å²) in [5, 5.41) is 11.8. The Hall–Kier alpha value is -2.30. The first-order valence-corrected chi connectivity index (χ1v) is 5.21. The van der Waals surface area contributed by atoms with Gasteiger partial charge in [-0.1, -0.05) is 12.1 Å². The van der Waals surface area contributed by atoms with Crippen molar-refractivity contribution < 1.29 is 9.90 Å². The van der Waals surface area contributed by atoms with Crippen LogP contribution in [-0.2, 0) is 4.79 Å². The third-order valence-corrected chi connectivity index (χ3v) is 2.45. The lowest BCUT2D eigenvalue weighted by Gasteiger charge is -2.18. The van der Waals surface area contributed by atoms with Crippen molar-refractivity contribution in [3.8, 4) is 5.75 Å². The van der Waals surface area contributed by atoms with Gasteiger partial charge in [0.1, 0.15) is 17.6 Å². The Labute approximate surface area is 98.7 Å². The number of nitrogens with zero attached hydrogens (tertiary/aromatic N) is 1. The molecule has 0 saturated carbocycles. The predicted octanol–water partition coefficient (Wildman–Crippen LogP) is 0.609. The van der Waals surface area contributed by atoms with Crippen LogP contribution in [0.3, 0.4) is 0 Å². The second-order valence-corrected chi connectivity index (χ2v) is 3.83. The van der Waals surface area contributed by atoms with Crippen LogP contribution in [0.15, 0.2) is 35.0 Å². The maximum atomic E-state index is 11.4. The van der Waals surface area contributed by atoms with Gasteiger partial charge in [-0.25, -0.2) is 0 Å². The summed E-state index contributed by atoms with van der Waals surface area (Å²) in [6.45, 7) is 1.68. The average molecular weight is 231 g/mol. The molecule has 1 aliphatic heterocycles. The van der Waals surface area contributed by atoms with E-state index in [1.165, 1.54) is 0 Å². The Balaban J connectivity index is 2.31. The third kappa shape index (κ3) is 2.44. The van der Waals surface area contributed by atoms with Gasteiger partial charge in [0.25, 0.3) is 0 Å². The highest BCUT2D eigenvalue weighted by atomic mass is 16.3. The second kappa shape index (κ2) is 4.29. The number of nitrogens with one attached hydrogen (secondary N) is 1. The molecule has 1 aromatic rings. The van der Waals surface area contributed by atoms with Crippen molar-refractivity contribution in [1.82, 2.24) is 5.32 Å². The van der Waals surface area contributed by atoms with Crippen LogP contribution in [0.5, 0.6) is 5.75 Å². The Bertz CT molecular complexity index is 503. The van der Waals surface area contributed by atoms with Crippen molar-refractivity contribution in [1.29, 1.82) is 0 Å². The Morgan fingerprint density at radius 3 is 2.71 bits per heavy atom. The smallest absolute Gasteiger partial charge is 0.249 e. The number of nitrogens with two attached hydrogens (primary N) is 1. The van der Waals surface area contributed by atoms with Crippen LogP contribution in [0.25, 0.3) is 6.08 Å². The quantitative estimate of drug-likeness (QED) is 0.661. The minimum atomic E-state index is -0.452. The number of carbonyl (C=O) groups is 1. The van der Waals surface area contributed by atoms with Gasteiger partial charge in [-0.15, -0.1) is 0 Å². The van der Waals surface area contributed by atoms with Crippen molar-refractivity contribution in [2.24, 2.45) is 10.7 Å². The monoisotopic (exact) mass is 231 g/mol. The molecule has 5 nitrogen and oxygen atoms in total. The first-order valence-electron chi connectivity index (χ1n) is 5.21. The largest absolute Gasteiger partial charge is 0.508 e. The third-order valence-electron chi connectivity index (χ3n) is 2.45. The summed E-state index contributed by atoms with van der Waals surface area (Å²) < 4.78 is 0. The number of amidine groups is 1. The molecule has 0 aliphatic carbocycles. The molecule has 1 aliphatic rings. The van der Waals surface area contributed by atoms with Crippen LogP contribution >= 0.6 is 0 Å². The molecule has 0 aromatic heterocycles.